The number of carbonyl (C=O) groups excluding carboxylic acids is 1. The first-order chi connectivity index (χ1) is 13.8. The molecule has 1 aromatic heterocycles. The summed E-state index contributed by atoms with van der Waals surface area (Å²) in [5.41, 5.74) is 2.38. The zero-order chi connectivity index (χ0) is 21.0. The molecule has 3 aromatic rings. The third kappa shape index (κ3) is 5.29. The summed E-state index contributed by atoms with van der Waals surface area (Å²) in [6.07, 6.45) is 0. The van der Waals surface area contributed by atoms with Crippen molar-refractivity contribution in [2.24, 2.45) is 5.92 Å². The zero-order valence-corrected chi connectivity index (χ0v) is 18.1. The van der Waals surface area contributed by atoms with Crippen LogP contribution in [0.5, 0.6) is 0 Å². The minimum atomic E-state index is -3.68. The van der Waals surface area contributed by atoms with E-state index < -0.39 is 10.0 Å². The number of nitrogens with one attached hydrogen (secondary N) is 2. The van der Waals surface area contributed by atoms with Crippen LogP contribution in [0.25, 0.3) is 10.6 Å². The van der Waals surface area contributed by atoms with E-state index in [-0.39, 0.29) is 23.3 Å². The Morgan fingerprint density at radius 3 is 2.34 bits per heavy atom. The molecule has 6 nitrogen and oxygen atoms in total. The topological polar surface area (TPSA) is 88.2 Å². The van der Waals surface area contributed by atoms with E-state index in [1.54, 1.807) is 26.0 Å². The number of anilines is 1. The van der Waals surface area contributed by atoms with Gasteiger partial charge in [-0.1, -0.05) is 44.2 Å². The van der Waals surface area contributed by atoms with Gasteiger partial charge in [0.15, 0.2) is 0 Å². The standard InChI is InChI=1S/C21H23N3O3S2/c1-14(2)20(25)24-17-9-11-18(12-10-17)29(26,27)22-13-19-15(3)23-21(28-19)16-7-5-4-6-8-16/h4-12,14,22H,13H2,1-3H3,(H,24,25). The number of sulfonamides is 1. The Balaban J connectivity index is 1.69. The largest absolute Gasteiger partial charge is 0.326 e. The molecule has 0 unspecified atom stereocenters. The predicted molar refractivity (Wildman–Crippen MR) is 116 cm³/mol. The van der Waals surface area contributed by atoms with Crippen molar-refractivity contribution >= 4 is 33.0 Å². The fourth-order valence-electron chi connectivity index (χ4n) is 2.54. The predicted octanol–water partition coefficient (Wildman–Crippen LogP) is 4.19. The van der Waals surface area contributed by atoms with Crippen LogP contribution in [-0.4, -0.2) is 19.3 Å². The normalized spacial score (nSPS) is 11.6. The van der Waals surface area contributed by atoms with E-state index in [1.165, 1.54) is 23.5 Å². The second-order valence-corrected chi connectivity index (χ2v) is 9.74. The molecule has 2 N–H and O–H groups in total. The molecule has 1 amide bonds. The average molecular weight is 430 g/mol. The number of hydrogen-bond acceptors (Lipinski definition) is 5. The molecule has 0 aliphatic heterocycles. The number of nitrogens with zero attached hydrogens (tertiary/aromatic N) is 1. The molecule has 0 saturated heterocycles. The van der Waals surface area contributed by atoms with Crippen LogP contribution in [0.4, 0.5) is 5.69 Å². The number of rotatable bonds is 7. The van der Waals surface area contributed by atoms with Gasteiger partial charge in [0.2, 0.25) is 15.9 Å². The Hall–Kier alpha value is -2.55. The Bertz CT molecular complexity index is 1090. The fraction of sp³-hybridized carbons (Fsp3) is 0.238. The van der Waals surface area contributed by atoms with Crippen molar-refractivity contribution in [3.8, 4) is 10.6 Å². The summed E-state index contributed by atoms with van der Waals surface area (Å²) in [5.74, 6) is -0.267. The summed E-state index contributed by atoms with van der Waals surface area (Å²) in [7, 11) is -3.68. The Morgan fingerprint density at radius 1 is 1.07 bits per heavy atom. The van der Waals surface area contributed by atoms with Gasteiger partial charge in [-0.3, -0.25) is 4.79 Å². The maximum absolute atomic E-state index is 12.6. The highest BCUT2D eigenvalue weighted by molar-refractivity contribution is 7.89. The van der Waals surface area contributed by atoms with Crippen LogP contribution in [0.2, 0.25) is 0 Å². The van der Waals surface area contributed by atoms with Gasteiger partial charge in [-0.2, -0.15) is 0 Å². The lowest BCUT2D eigenvalue weighted by molar-refractivity contribution is -0.118. The molecular formula is C21H23N3O3S2. The van der Waals surface area contributed by atoms with Crippen molar-refractivity contribution in [3.05, 3.63) is 65.2 Å². The number of thiazole rings is 1. The summed E-state index contributed by atoms with van der Waals surface area (Å²) in [6.45, 7) is 5.63. The maximum Gasteiger partial charge on any atom is 0.240 e. The summed E-state index contributed by atoms with van der Waals surface area (Å²) < 4.78 is 27.9. The first-order valence-corrected chi connectivity index (χ1v) is 11.5. The van der Waals surface area contributed by atoms with Gasteiger partial charge in [0.1, 0.15) is 5.01 Å². The Morgan fingerprint density at radius 2 is 1.72 bits per heavy atom. The van der Waals surface area contributed by atoms with E-state index in [1.807, 2.05) is 37.3 Å². The molecule has 0 fully saturated rings. The van der Waals surface area contributed by atoms with Gasteiger partial charge in [0.05, 0.1) is 10.6 Å². The summed E-state index contributed by atoms with van der Waals surface area (Å²) in [5, 5.41) is 3.61. The van der Waals surface area contributed by atoms with Gasteiger partial charge >= 0.3 is 0 Å². The van der Waals surface area contributed by atoms with Crippen molar-refractivity contribution in [2.75, 3.05) is 5.32 Å². The van der Waals surface area contributed by atoms with Crippen molar-refractivity contribution < 1.29 is 13.2 Å². The SMILES string of the molecule is Cc1nc(-c2ccccc2)sc1CNS(=O)(=O)c1ccc(NC(=O)C(C)C)cc1. The van der Waals surface area contributed by atoms with Crippen molar-refractivity contribution in [2.45, 2.75) is 32.2 Å². The third-order valence-corrected chi connectivity index (χ3v) is 6.92. The molecule has 0 radical (unpaired) electrons. The van der Waals surface area contributed by atoms with E-state index in [9.17, 15) is 13.2 Å². The highest BCUT2D eigenvalue weighted by Gasteiger charge is 2.17. The summed E-state index contributed by atoms with van der Waals surface area (Å²) in [4.78, 5) is 17.3. The van der Waals surface area contributed by atoms with Crippen LogP contribution < -0.4 is 10.0 Å². The molecule has 0 spiro atoms. The average Bonchev–Trinajstić information content (AvgIpc) is 3.08. The number of hydrogen-bond donors (Lipinski definition) is 2. The van der Waals surface area contributed by atoms with E-state index in [2.05, 4.69) is 15.0 Å². The third-order valence-electron chi connectivity index (χ3n) is 4.29. The van der Waals surface area contributed by atoms with E-state index in [0.717, 1.165) is 21.1 Å². The smallest absolute Gasteiger partial charge is 0.240 e. The molecule has 2 aromatic carbocycles. The fourth-order valence-corrected chi connectivity index (χ4v) is 4.64. The molecule has 0 aliphatic carbocycles. The minimum absolute atomic E-state index is 0.117. The monoisotopic (exact) mass is 429 g/mol. The molecule has 3 rings (SSSR count). The molecule has 0 aliphatic rings. The van der Waals surface area contributed by atoms with E-state index >= 15 is 0 Å². The highest BCUT2D eigenvalue weighted by atomic mass is 32.2. The summed E-state index contributed by atoms with van der Waals surface area (Å²) >= 11 is 1.47. The van der Waals surface area contributed by atoms with Crippen molar-refractivity contribution in [1.29, 1.82) is 0 Å². The lowest BCUT2D eigenvalue weighted by atomic mass is 10.2. The quantitative estimate of drug-likeness (QED) is 0.589. The molecule has 0 bridgehead atoms. The van der Waals surface area contributed by atoms with Gasteiger partial charge in [-0.05, 0) is 31.2 Å². The van der Waals surface area contributed by atoms with E-state index in [4.69, 9.17) is 0 Å². The molecular weight excluding hydrogens is 406 g/mol. The van der Waals surface area contributed by atoms with Crippen molar-refractivity contribution in [3.63, 3.8) is 0 Å². The van der Waals surface area contributed by atoms with Crippen LogP contribution in [0.1, 0.15) is 24.4 Å². The lowest BCUT2D eigenvalue weighted by Gasteiger charge is -2.09. The van der Waals surface area contributed by atoms with Crippen LogP contribution in [0.15, 0.2) is 59.5 Å². The minimum Gasteiger partial charge on any atom is -0.326 e. The van der Waals surface area contributed by atoms with Crippen LogP contribution >= 0.6 is 11.3 Å². The van der Waals surface area contributed by atoms with Gasteiger partial charge < -0.3 is 5.32 Å². The van der Waals surface area contributed by atoms with Gasteiger partial charge in [0.25, 0.3) is 0 Å². The maximum atomic E-state index is 12.6. The molecule has 0 saturated carbocycles. The first-order valence-electron chi connectivity index (χ1n) is 9.18. The van der Waals surface area contributed by atoms with Gasteiger partial charge in [0, 0.05) is 28.6 Å². The second-order valence-electron chi connectivity index (χ2n) is 6.89. The molecule has 0 atom stereocenters. The molecule has 1 heterocycles. The number of aromatic nitrogens is 1. The zero-order valence-electron chi connectivity index (χ0n) is 16.5. The van der Waals surface area contributed by atoms with Gasteiger partial charge in [-0.15, -0.1) is 11.3 Å². The van der Waals surface area contributed by atoms with Crippen LogP contribution in [-0.2, 0) is 21.4 Å². The second kappa shape index (κ2) is 8.86. The van der Waals surface area contributed by atoms with E-state index in [0.29, 0.717) is 5.69 Å². The van der Waals surface area contributed by atoms with Crippen LogP contribution in [0, 0.1) is 12.8 Å². The number of aryl methyl sites for hydroxylation is 1. The molecule has 8 heteroatoms. The number of carbonyl (C=O) groups is 1. The molecule has 29 heavy (non-hydrogen) atoms. The highest BCUT2D eigenvalue weighted by Crippen LogP contribution is 2.28. The lowest BCUT2D eigenvalue weighted by Crippen LogP contribution is -2.23. The van der Waals surface area contributed by atoms with Crippen molar-refractivity contribution in [1.82, 2.24) is 9.71 Å². The molecule has 152 valence electrons. The Labute approximate surface area is 175 Å². The number of benzene rings is 2. The number of amides is 1. The van der Waals surface area contributed by atoms with Gasteiger partial charge in [-0.25, -0.2) is 18.1 Å². The first kappa shape index (κ1) is 21.2. The summed E-state index contributed by atoms with van der Waals surface area (Å²) in [6, 6.07) is 15.9. The Kier molecular flexibility index (Phi) is 6.46. The van der Waals surface area contributed by atoms with Crippen LogP contribution in [0.3, 0.4) is 0 Å².